The smallest absolute Gasteiger partial charge is 0.159 e. The maximum Gasteiger partial charge on any atom is 0.159 e. The second-order valence-electron chi connectivity index (χ2n) is 20.3. The van der Waals surface area contributed by atoms with Crippen molar-refractivity contribution in [3.05, 3.63) is 288 Å². The van der Waals surface area contributed by atoms with Crippen LogP contribution in [0.5, 0.6) is 0 Å². The van der Waals surface area contributed by atoms with Crippen LogP contribution in [0, 0.1) is 0 Å². The first-order valence-corrected chi connectivity index (χ1v) is 25.4. The lowest BCUT2D eigenvalue weighted by atomic mass is 9.64. The summed E-state index contributed by atoms with van der Waals surface area (Å²) in [6.45, 7) is 4.71. The number of fused-ring (bicyclic) bond motifs is 15. The van der Waals surface area contributed by atoms with Gasteiger partial charge in [0.15, 0.2) is 5.58 Å². The van der Waals surface area contributed by atoms with Crippen molar-refractivity contribution in [1.82, 2.24) is 0 Å². The Kier molecular flexibility index (Phi) is 8.92. The monoisotopic (exact) mass is 932 g/mol. The lowest BCUT2D eigenvalue weighted by molar-refractivity contribution is 0.660. The molecule has 0 bridgehead atoms. The van der Waals surface area contributed by atoms with Crippen LogP contribution in [0.1, 0.15) is 47.2 Å². The molecule has 0 N–H and O–H groups in total. The summed E-state index contributed by atoms with van der Waals surface area (Å²) in [5.74, 6) is 0. The Morgan fingerprint density at radius 3 is 1.62 bits per heavy atom. The summed E-state index contributed by atoms with van der Waals surface area (Å²) in [5, 5.41) is 2.17. The van der Waals surface area contributed by atoms with E-state index in [1.165, 1.54) is 78.1 Å². The molecule has 0 atom stereocenters. The molecule has 12 aromatic rings. The fourth-order valence-electron chi connectivity index (χ4n) is 13.1. The molecule has 2 aliphatic carbocycles. The van der Waals surface area contributed by atoms with Crippen LogP contribution in [0.4, 0.5) is 34.1 Å². The van der Waals surface area contributed by atoms with Crippen LogP contribution in [0.3, 0.4) is 0 Å². The van der Waals surface area contributed by atoms with Crippen molar-refractivity contribution in [1.29, 1.82) is 0 Å². The molecule has 15 rings (SSSR count). The highest BCUT2D eigenvalue weighted by molar-refractivity contribution is 6.15. The largest absolute Gasteiger partial charge is 0.453 e. The molecule has 1 aliphatic heterocycles. The Bertz CT molecular complexity index is 4140. The average molecular weight is 933 g/mol. The molecule has 73 heavy (non-hydrogen) atoms. The van der Waals surface area contributed by atoms with Gasteiger partial charge in [0.25, 0.3) is 0 Å². The second kappa shape index (κ2) is 15.7. The molecule has 3 aliphatic rings. The zero-order valence-corrected chi connectivity index (χ0v) is 40.6. The molecule has 2 heterocycles. The highest BCUT2D eigenvalue weighted by atomic mass is 16.3. The van der Waals surface area contributed by atoms with Gasteiger partial charge in [0.2, 0.25) is 0 Å². The predicted molar refractivity (Wildman–Crippen MR) is 302 cm³/mol. The minimum Gasteiger partial charge on any atom is -0.453 e. The summed E-state index contributed by atoms with van der Waals surface area (Å²) in [6.07, 6.45) is 0. The molecule has 3 nitrogen and oxygen atoms in total. The van der Waals surface area contributed by atoms with E-state index in [1.807, 2.05) is 0 Å². The summed E-state index contributed by atoms with van der Waals surface area (Å²) in [5.41, 5.74) is 25.1. The fraction of sp³-hybridized carbons (Fsp3) is 0.0571. The van der Waals surface area contributed by atoms with E-state index in [9.17, 15) is 0 Å². The van der Waals surface area contributed by atoms with E-state index in [0.717, 1.165) is 55.8 Å². The van der Waals surface area contributed by atoms with Gasteiger partial charge < -0.3 is 14.2 Å². The molecule has 0 radical (unpaired) electrons. The molecule has 0 unspecified atom stereocenters. The first-order chi connectivity index (χ1) is 36.0. The first-order valence-electron chi connectivity index (χ1n) is 25.4. The third kappa shape index (κ3) is 5.82. The third-order valence-electron chi connectivity index (χ3n) is 16.3. The summed E-state index contributed by atoms with van der Waals surface area (Å²) in [7, 11) is 0. The van der Waals surface area contributed by atoms with Crippen LogP contribution in [0.2, 0.25) is 0 Å². The minimum atomic E-state index is -0.572. The maximum absolute atomic E-state index is 7.48. The van der Waals surface area contributed by atoms with Crippen LogP contribution in [0.15, 0.2) is 259 Å². The quantitative estimate of drug-likeness (QED) is 0.166. The lowest BCUT2D eigenvalue weighted by Crippen LogP contribution is -2.36. The Balaban J connectivity index is 0.942. The van der Waals surface area contributed by atoms with E-state index in [4.69, 9.17) is 4.42 Å². The standard InChI is InChI=1S/C70H48N2O/c1-69(2)57-30-11-9-24-50(57)51-43-42-49(44-62(51)69)71(48-40-38-46(39-41-48)45-20-5-3-6-21-45)65-37-19-29-55-54-28-17-27-53(67(54)73-68(55)65)52-26-18-34-61-66(52)56-25-10-12-31-58(56)70(61)59-32-13-15-35-63(59)72(47-22-7-4-8-23-47)64-36-16-14-33-60(64)70/h3-44H,1-2H3. The highest BCUT2D eigenvalue weighted by Crippen LogP contribution is 2.65. The fourth-order valence-corrected chi connectivity index (χ4v) is 13.1. The molecule has 0 fully saturated rings. The molecule has 344 valence electrons. The highest BCUT2D eigenvalue weighted by Gasteiger charge is 2.52. The van der Waals surface area contributed by atoms with Gasteiger partial charge in [0.05, 0.1) is 22.5 Å². The molecule has 0 saturated heterocycles. The lowest BCUT2D eigenvalue weighted by Gasteiger charge is -2.45. The zero-order chi connectivity index (χ0) is 48.4. The molecule has 1 aromatic heterocycles. The van der Waals surface area contributed by atoms with Gasteiger partial charge in [0.1, 0.15) is 5.58 Å². The summed E-state index contributed by atoms with van der Waals surface area (Å²) in [4.78, 5) is 4.84. The van der Waals surface area contributed by atoms with Crippen molar-refractivity contribution in [2.24, 2.45) is 0 Å². The van der Waals surface area contributed by atoms with Gasteiger partial charge in [-0.2, -0.15) is 0 Å². The summed E-state index contributed by atoms with van der Waals surface area (Å²) < 4.78 is 7.48. The van der Waals surface area contributed by atoms with Crippen molar-refractivity contribution in [2.45, 2.75) is 24.7 Å². The summed E-state index contributed by atoms with van der Waals surface area (Å²) in [6, 6.07) is 93.7. The van der Waals surface area contributed by atoms with E-state index >= 15 is 0 Å². The number of nitrogens with zero attached hydrogens (tertiary/aromatic N) is 2. The van der Waals surface area contributed by atoms with Crippen LogP contribution in [-0.2, 0) is 10.8 Å². The number of hydrogen-bond acceptors (Lipinski definition) is 3. The maximum atomic E-state index is 7.48. The number of para-hydroxylation sites is 5. The predicted octanol–water partition coefficient (Wildman–Crippen LogP) is 18.8. The van der Waals surface area contributed by atoms with Crippen molar-refractivity contribution >= 4 is 56.1 Å². The number of benzene rings is 11. The van der Waals surface area contributed by atoms with Crippen LogP contribution in [0.25, 0.3) is 66.4 Å². The van der Waals surface area contributed by atoms with Crippen LogP contribution >= 0.6 is 0 Å². The first kappa shape index (κ1) is 41.6. The Morgan fingerprint density at radius 1 is 0.356 bits per heavy atom. The van der Waals surface area contributed by atoms with E-state index in [2.05, 4.69) is 278 Å². The van der Waals surface area contributed by atoms with Gasteiger partial charge in [-0.1, -0.05) is 214 Å². The Hall–Kier alpha value is -9.18. The van der Waals surface area contributed by atoms with E-state index < -0.39 is 5.41 Å². The van der Waals surface area contributed by atoms with Crippen LogP contribution in [-0.4, -0.2) is 0 Å². The van der Waals surface area contributed by atoms with Gasteiger partial charge in [-0.15, -0.1) is 0 Å². The molecule has 0 saturated carbocycles. The van der Waals surface area contributed by atoms with Crippen molar-refractivity contribution in [3.63, 3.8) is 0 Å². The zero-order valence-electron chi connectivity index (χ0n) is 40.6. The molecule has 3 heteroatoms. The Labute approximate surface area is 425 Å². The van der Waals surface area contributed by atoms with Gasteiger partial charge in [-0.05, 0) is 127 Å². The number of hydrogen-bond donors (Lipinski definition) is 0. The summed E-state index contributed by atoms with van der Waals surface area (Å²) >= 11 is 0. The molecular formula is C70H48N2O. The SMILES string of the molecule is CC1(C)c2ccccc2-c2ccc(N(c3ccc(-c4ccccc4)cc3)c3cccc4c3oc3c(-c5cccc6c5-c5ccccc5C65c6ccccc6N(c6ccccc6)c6ccccc65)cccc34)cc21. The average Bonchev–Trinajstić information content (AvgIpc) is 4.17. The van der Waals surface area contributed by atoms with Gasteiger partial charge in [-0.3, -0.25) is 0 Å². The van der Waals surface area contributed by atoms with Crippen molar-refractivity contribution in [3.8, 4) is 44.5 Å². The number of rotatable bonds is 6. The third-order valence-corrected chi connectivity index (χ3v) is 16.3. The topological polar surface area (TPSA) is 19.6 Å². The minimum absolute atomic E-state index is 0.165. The van der Waals surface area contributed by atoms with E-state index in [1.54, 1.807) is 0 Å². The normalized spacial score (nSPS) is 14.1. The van der Waals surface area contributed by atoms with E-state index in [-0.39, 0.29) is 5.41 Å². The van der Waals surface area contributed by atoms with Gasteiger partial charge in [0, 0.05) is 38.8 Å². The molecule has 11 aromatic carbocycles. The van der Waals surface area contributed by atoms with Crippen molar-refractivity contribution in [2.75, 3.05) is 9.80 Å². The molecule has 1 spiro atoms. The number of anilines is 6. The van der Waals surface area contributed by atoms with E-state index in [0.29, 0.717) is 0 Å². The van der Waals surface area contributed by atoms with Gasteiger partial charge >= 0.3 is 0 Å². The molecule has 0 amide bonds. The Morgan fingerprint density at radius 2 is 0.877 bits per heavy atom. The van der Waals surface area contributed by atoms with Crippen LogP contribution < -0.4 is 9.80 Å². The van der Waals surface area contributed by atoms with Gasteiger partial charge in [-0.25, -0.2) is 0 Å². The number of furan rings is 1. The van der Waals surface area contributed by atoms with Crippen molar-refractivity contribution < 1.29 is 4.42 Å². The second-order valence-corrected chi connectivity index (χ2v) is 20.3. The molecular weight excluding hydrogens is 885 g/mol.